The maximum atomic E-state index is 13.9. The van der Waals surface area contributed by atoms with Crippen molar-refractivity contribution in [1.29, 1.82) is 0 Å². The summed E-state index contributed by atoms with van der Waals surface area (Å²) < 4.78 is 21.8. The molecule has 0 radical (unpaired) electrons. The van der Waals surface area contributed by atoms with Crippen molar-refractivity contribution in [3.05, 3.63) is 59.2 Å². The number of nitrogens with one attached hydrogen (secondary N) is 1. The van der Waals surface area contributed by atoms with Gasteiger partial charge in [0.2, 0.25) is 0 Å². The normalized spacial score (nSPS) is 15.8. The van der Waals surface area contributed by atoms with Gasteiger partial charge >= 0.3 is 0 Å². The first kappa shape index (κ1) is 16.5. The Bertz CT molecular complexity index is 1150. The largest absolute Gasteiger partial charge is 0.381 e. The van der Waals surface area contributed by atoms with Crippen LogP contribution in [-0.4, -0.2) is 28.0 Å². The Kier molecular flexibility index (Phi) is 3.79. The van der Waals surface area contributed by atoms with Gasteiger partial charge in [0.25, 0.3) is 0 Å². The molecule has 0 bridgehead atoms. The summed E-state index contributed by atoms with van der Waals surface area (Å²) in [7, 11) is 0. The van der Waals surface area contributed by atoms with E-state index in [2.05, 4.69) is 33.8 Å². The number of benzene rings is 2. The number of halogens is 1. The zero-order chi connectivity index (χ0) is 18.5. The molecule has 0 unspecified atom stereocenters. The molecule has 27 heavy (non-hydrogen) atoms. The molecule has 5 heteroatoms. The summed E-state index contributed by atoms with van der Waals surface area (Å²) >= 11 is 0. The Labute approximate surface area is 156 Å². The second-order valence-corrected chi connectivity index (χ2v) is 7.49. The van der Waals surface area contributed by atoms with Crippen molar-refractivity contribution < 1.29 is 9.13 Å². The molecule has 1 N–H and O–H groups in total. The van der Waals surface area contributed by atoms with E-state index in [1.165, 1.54) is 16.6 Å². The van der Waals surface area contributed by atoms with Gasteiger partial charge in [0.1, 0.15) is 5.82 Å². The van der Waals surface area contributed by atoms with E-state index in [9.17, 15) is 4.39 Å². The van der Waals surface area contributed by atoms with Crippen LogP contribution < -0.4 is 0 Å². The van der Waals surface area contributed by atoms with Gasteiger partial charge in [-0.1, -0.05) is 0 Å². The van der Waals surface area contributed by atoms with Crippen LogP contribution in [0.3, 0.4) is 0 Å². The molecule has 2 aromatic carbocycles. The molecule has 4 nitrogen and oxygen atoms in total. The van der Waals surface area contributed by atoms with E-state index in [0.29, 0.717) is 11.5 Å². The van der Waals surface area contributed by atoms with E-state index in [-0.39, 0.29) is 5.82 Å². The SMILES string of the molecule is Cc1cc(-n2c(C3CCOCC3)c(C)c3cc4[nH]ncc4cc32)ccc1F. The molecular formula is C22H22FN3O. The smallest absolute Gasteiger partial charge is 0.126 e. The van der Waals surface area contributed by atoms with Gasteiger partial charge in [0, 0.05) is 41.3 Å². The monoisotopic (exact) mass is 363 g/mol. The van der Waals surface area contributed by atoms with Crippen LogP contribution in [0, 0.1) is 19.7 Å². The standard InChI is InChI=1S/C22H22FN3O/c1-13-9-17(3-4-19(13)23)26-21-10-16-12-24-25-20(16)11-18(21)14(2)22(26)15-5-7-27-8-6-15/h3-4,9-12,15H,5-8H2,1-2H3,(H,24,25). The van der Waals surface area contributed by atoms with E-state index < -0.39 is 0 Å². The molecule has 0 aliphatic carbocycles. The van der Waals surface area contributed by atoms with Crippen molar-refractivity contribution in [2.45, 2.75) is 32.6 Å². The number of aromatic amines is 1. The number of fused-ring (bicyclic) bond motifs is 2. The minimum absolute atomic E-state index is 0.170. The van der Waals surface area contributed by atoms with E-state index >= 15 is 0 Å². The quantitative estimate of drug-likeness (QED) is 0.535. The fraction of sp³-hybridized carbons (Fsp3) is 0.318. The van der Waals surface area contributed by atoms with Gasteiger partial charge in [-0.2, -0.15) is 5.10 Å². The van der Waals surface area contributed by atoms with E-state index in [0.717, 1.165) is 48.2 Å². The van der Waals surface area contributed by atoms with Crippen LogP contribution >= 0.6 is 0 Å². The van der Waals surface area contributed by atoms with Crippen molar-refractivity contribution in [2.24, 2.45) is 0 Å². The van der Waals surface area contributed by atoms with E-state index in [1.807, 2.05) is 25.3 Å². The maximum absolute atomic E-state index is 13.9. The Morgan fingerprint density at radius 2 is 1.96 bits per heavy atom. The highest BCUT2D eigenvalue weighted by atomic mass is 19.1. The highest BCUT2D eigenvalue weighted by molar-refractivity contribution is 5.98. The maximum Gasteiger partial charge on any atom is 0.126 e. The molecular weight excluding hydrogens is 341 g/mol. The fourth-order valence-corrected chi connectivity index (χ4v) is 4.41. The average molecular weight is 363 g/mol. The third kappa shape index (κ3) is 2.57. The van der Waals surface area contributed by atoms with Gasteiger partial charge in [-0.25, -0.2) is 4.39 Å². The molecule has 2 aromatic heterocycles. The van der Waals surface area contributed by atoms with Crippen LogP contribution in [0.15, 0.2) is 36.5 Å². The zero-order valence-electron chi connectivity index (χ0n) is 15.6. The molecule has 1 saturated heterocycles. The number of nitrogens with zero attached hydrogens (tertiary/aromatic N) is 2. The van der Waals surface area contributed by atoms with Crippen LogP contribution in [0.25, 0.3) is 27.5 Å². The summed E-state index contributed by atoms with van der Waals surface area (Å²) in [4.78, 5) is 0. The number of rotatable bonds is 2. The summed E-state index contributed by atoms with van der Waals surface area (Å²) in [5, 5.41) is 9.55. The first-order valence-corrected chi connectivity index (χ1v) is 9.46. The molecule has 0 amide bonds. The second-order valence-electron chi connectivity index (χ2n) is 7.49. The van der Waals surface area contributed by atoms with Crippen LogP contribution in [0.5, 0.6) is 0 Å². The molecule has 0 atom stereocenters. The molecule has 1 aliphatic rings. The van der Waals surface area contributed by atoms with Crippen LogP contribution in [0.2, 0.25) is 0 Å². The molecule has 4 aromatic rings. The second kappa shape index (κ2) is 6.20. The summed E-state index contributed by atoms with van der Waals surface area (Å²) in [5.74, 6) is 0.268. The van der Waals surface area contributed by atoms with Crippen LogP contribution in [-0.2, 0) is 4.74 Å². The van der Waals surface area contributed by atoms with Gasteiger partial charge < -0.3 is 9.30 Å². The summed E-state index contributed by atoms with van der Waals surface area (Å²) in [6.45, 7) is 5.60. The van der Waals surface area contributed by atoms with Crippen LogP contribution in [0.1, 0.15) is 35.6 Å². The van der Waals surface area contributed by atoms with Crippen molar-refractivity contribution in [2.75, 3.05) is 13.2 Å². The van der Waals surface area contributed by atoms with Crippen molar-refractivity contribution in [3.8, 4) is 5.69 Å². The van der Waals surface area contributed by atoms with Crippen molar-refractivity contribution in [3.63, 3.8) is 0 Å². The topological polar surface area (TPSA) is 42.8 Å². The van der Waals surface area contributed by atoms with Gasteiger partial charge in [0.15, 0.2) is 0 Å². The zero-order valence-corrected chi connectivity index (χ0v) is 15.6. The fourth-order valence-electron chi connectivity index (χ4n) is 4.41. The minimum atomic E-state index is -0.170. The lowest BCUT2D eigenvalue weighted by atomic mass is 9.93. The number of aryl methyl sites for hydroxylation is 2. The Hall–Kier alpha value is -2.66. The first-order chi connectivity index (χ1) is 13.1. The number of H-pyrrole nitrogens is 1. The predicted octanol–water partition coefficient (Wildman–Crippen LogP) is 5.16. The molecule has 5 rings (SSSR count). The summed E-state index contributed by atoms with van der Waals surface area (Å²) in [6.07, 6.45) is 3.87. The number of ether oxygens (including phenoxy) is 1. The van der Waals surface area contributed by atoms with Gasteiger partial charge in [-0.05, 0) is 68.1 Å². The summed E-state index contributed by atoms with van der Waals surface area (Å²) in [5.41, 5.74) is 6.46. The highest BCUT2D eigenvalue weighted by Crippen LogP contribution is 2.39. The molecule has 1 aliphatic heterocycles. The van der Waals surface area contributed by atoms with Crippen molar-refractivity contribution in [1.82, 2.24) is 14.8 Å². The lowest BCUT2D eigenvalue weighted by molar-refractivity contribution is 0.0841. The average Bonchev–Trinajstić information content (AvgIpc) is 3.25. The first-order valence-electron chi connectivity index (χ1n) is 9.46. The highest BCUT2D eigenvalue weighted by Gasteiger charge is 2.25. The third-order valence-corrected chi connectivity index (χ3v) is 5.83. The lowest BCUT2D eigenvalue weighted by Crippen LogP contribution is -2.17. The number of aromatic nitrogens is 3. The molecule has 3 heterocycles. The number of hydrogen-bond donors (Lipinski definition) is 1. The van der Waals surface area contributed by atoms with Gasteiger partial charge in [0.05, 0.1) is 17.2 Å². The molecule has 0 spiro atoms. The van der Waals surface area contributed by atoms with E-state index in [1.54, 1.807) is 6.07 Å². The van der Waals surface area contributed by atoms with Crippen LogP contribution in [0.4, 0.5) is 4.39 Å². The van der Waals surface area contributed by atoms with E-state index in [4.69, 9.17) is 4.74 Å². The van der Waals surface area contributed by atoms with Crippen molar-refractivity contribution >= 4 is 21.8 Å². The Balaban J connectivity index is 1.84. The van der Waals surface area contributed by atoms with Gasteiger partial charge in [-0.15, -0.1) is 0 Å². The third-order valence-electron chi connectivity index (χ3n) is 5.83. The molecule has 0 saturated carbocycles. The molecule has 1 fully saturated rings. The Morgan fingerprint density at radius 3 is 2.74 bits per heavy atom. The summed E-state index contributed by atoms with van der Waals surface area (Å²) in [6, 6.07) is 9.75. The lowest BCUT2D eigenvalue weighted by Gasteiger charge is -2.25. The minimum Gasteiger partial charge on any atom is -0.381 e. The number of hydrogen-bond acceptors (Lipinski definition) is 2. The van der Waals surface area contributed by atoms with Gasteiger partial charge in [-0.3, -0.25) is 5.10 Å². The molecule has 138 valence electrons. The predicted molar refractivity (Wildman–Crippen MR) is 105 cm³/mol. The Morgan fingerprint density at radius 1 is 1.15 bits per heavy atom.